The highest BCUT2D eigenvalue weighted by Gasteiger charge is 2.30. The summed E-state index contributed by atoms with van der Waals surface area (Å²) in [6, 6.07) is 20.1. The molecule has 0 aliphatic rings. The molecule has 0 aliphatic carbocycles. The Morgan fingerprint density at radius 1 is 0.818 bits per heavy atom. The first kappa shape index (κ1) is 16.2. The number of carbonyl (C=O) groups excluding carboxylic acids is 2. The molecule has 0 amide bonds. The van der Waals surface area contributed by atoms with Crippen LogP contribution in [0.2, 0.25) is 0 Å². The van der Waals surface area contributed by atoms with E-state index in [1.165, 1.54) is 19.4 Å². The van der Waals surface area contributed by atoms with Gasteiger partial charge in [0.1, 0.15) is 11.6 Å². The van der Waals surface area contributed by atoms with Gasteiger partial charge in [-0.25, -0.2) is 0 Å². The van der Waals surface area contributed by atoms with E-state index in [1.807, 2.05) is 48.5 Å². The summed E-state index contributed by atoms with van der Waals surface area (Å²) in [5.74, 6) is -0.702. The first-order valence-electron chi connectivity index (χ1n) is 7.69. The fourth-order valence-electron chi connectivity index (χ4n) is 3.05. The molecule has 0 spiro atoms. The molecule has 0 aliphatic heterocycles. The lowest BCUT2D eigenvalue weighted by Gasteiger charge is -2.24. The zero-order valence-corrected chi connectivity index (χ0v) is 13.2. The summed E-state index contributed by atoms with van der Waals surface area (Å²) in [6.07, 6.45) is 1.65. The molecule has 114 valence electrons. The van der Waals surface area contributed by atoms with Crippen LogP contribution < -0.4 is 0 Å². The van der Waals surface area contributed by atoms with E-state index in [1.54, 1.807) is 0 Å². The van der Waals surface area contributed by atoms with Gasteiger partial charge in [0, 0.05) is 5.92 Å². The van der Waals surface area contributed by atoms with Gasteiger partial charge in [-0.15, -0.1) is 0 Å². The van der Waals surface area contributed by atoms with Crippen molar-refractivity contribution in [2.75, 3.05) is 0 Å². The maximum absolute atomic E-state index is 12.0. The Bertz CT molecular complexity index is 603. The van der Waals surface area contributed by atoms with Crippen molar-refractivity contribution in [2.24, 2.45) is 5.92 Å². The van der Waals surface area contributed by atoms with E-state index in [-0.39, 0.29) is 17.5 Å². The van der Waals surface area contributed by atoms with E-state index in [9.17, 15) is 9.59 Å². The molecule has 0 saturated carbocycles. The summed E-state index contributed by atoms with van der Waals surface area (Å²) in [6.45, 7) is 3.04. The number of carbonyl (C=O) groups is 2. The first-order valence-corrected chi connectivity index (χ1v) is 7.69. The molecule has 0 fully saturated rings. The molecule has 22 heavy (non-hydrogen) atoms. The molecule has 0 aromatic heterocycles. The Morgan fingerprint density at radius 3 is 1.82 bits per heavy atom. The van der Waals surface area contributed by atoms with Crippen molar-refractivity contribution in [2.45, 2.75) is 32.6 Å². The highest BCUT2D eigenvalue weighted by molar-refractivity contribution is 6.01. The smallest absolute Gasteiger partial charge is 0.140 e. The topological polar surface area (TPSA) is 34.1 Å². The lowest BCUT2D eigenvalue weighted by Crippen LogP contribution is -2.27. The van der Waals surface area contributed by atoms with Crippen molar-refractivity contribution >= 4 is 11.6 Å². The Kier molecular flexibility index (Phi) is 5.65. The standard InChI is InChI=1S/C20H22O2/c1-15(21)20(16(2)22)19(18-11-7-4-8-12-18)14-13-17-9-5-3-6-10-17/h3-12,19-20H,13-14H2,1-2H3/t19-/m0/s1. The summed E-state index contributed by atoms with van der Waals surface area (Å²) in [7, 11) is 0. The Morgan fingerprint density at radius 2 is 1.32 bits per heavy atom. The summed E-state index contributed by atoms with van der Waals surface area (Å²) in [4.78, 5) is 24.0. The fraction of sp³-hybridized carbons (Fsp3) is 0.300. The molecule has 2 nitrogen and oxygen atoms in total. The molecule has 2 heteroatoms. The van der Waals surface area contributed by atoms with Gasteiger partial charge < -0.3 is 0 Å². The van der Waals surface area contributed by atoms with Gasteiger partial charge >= 0.3 is 0 Å². The van der Waals surface area contributed by atoms with E-state index in [0.717, 1.165) is 18.4 Å². The van der Waals surface area contributed by atoms with E-state index in [0.29, 0.717) is 0 Å². The van der Waals surface area contributed by atoms with Crippen molar-refractivity contribution in [3.63, 3.8) is 0 Å². The van der Waals surface area contributed by atoms with Crippen LogP contribution >= 0.6 is 0 Å². The van der Waals surface area contributed by atoms with Crippen LogP contribution in [0.3, 0.4) is 0 Å². The van der Waals surface area contributed by atoms with Gasteiger partial charge in [0.2, 0.25) is 0 Å². The molecule has 0 saturated heterocycles. The SMILES string of the molecule is CC(=O)C(C(C)=O)[C@@H](CCc1ccccc1)c1ccccc1. The van der Waals surface area contributed by atoms with Gasteiger partial charge in [0.25, 0.3) is 0 Å². The van der Waals surface area contributed by atoms with Crippen LogP contribution in [0.25, 0.3) is 0 Å². The molecule has 0 N–H and O–H groups in total. The zero-order valence-electron chi connectivity index (χ0n) is 13.2. The predicted octanol–water partition coefficient (Wildman–Crippen LogP) is 4.20. The van der Waals surface area contributed by atoms with E-state index in [2.05, 4.69) is 12.1 Å². The third kappa shape index (κ3) is 4.14. The summed E-state index contributed by atoms with van der Waals surface area (Å²) in [5, 5.41) is 0. The highest BCUT2D eigenvalue weighted by Crippen LogP contribution is 2.31. The van der Waals surface area contributed by atoms with Gasteiger partial charge in [0.15, 0.2) is 0 Å². The van der Waals surface area contributed by atoms with Crippen LogP contribution in [0.15, 0.2) is 60.7 Å². The van der Waals surface area contributed by atoms with Gasteiger partial charge in [-0.1, -0.05) is 60.7 Å². The first-order chi connectivity index (χ1) is 10.6. The Hall–Kier alpha value is -2.22. The Balaban J connectivity index is 2.25. The maximum Gasteiger partial charge on any atom is 0.140 e. The second-order valence-electron chi connectivity index (χ2n) is 5.74. The van der Waals surface area contributed by atoms with Crippen LogP contribution in [-0.2, 0) is 16.0 Å². The molecular weight excluding hydrogens is 272 g/mol. The largest absolute Gasteiger partial charge is 0.299 e. The van der Waals surface area contributed by atoms with E-state index in [4.69, 9.17) is 0 Å². The van der Waals surface area contributed by atoms with Crippen molar-refractivity contribution in [1.82, 2.24) is 0 Å². The van der Waals surface area contributed by atoms with Gasteiger partial charge in [-0.3, -0.25) is 9.59 Å². The van der Waals surface area contributed by atoms with Crippen LogP contribution in [0.1, 0.15) is 37.3 Å². The molecule has 2 rings (SSSR count). The normalized spacial score (nSPS) is 12.1. The lowest BCUT2D eigenvalue weighted by molar-refractivity contribution is -0.131. The number of rotatable bonds is 7. The minimum Gasteiger partial charge on any atom is -0.299 e. The molecular formula is C20H22O2. The lowest BCUT2D eigenvalue weighted by atomic mass is 9.78. The van der Waals surface area contributed by atoms with Gasteiger partial charge in [0.05, 0.1) is 5.92 Å². The maximum atomic E-state index is 12.0. The van der Waals surface area contributed by atoms with Crippen LogP contribution in [0, 0.1) is 5.92 Å². The van der Waals surface area contributed by atoms with Crippen molar-refractivity contribution in [3.05, 3.63) is 71.8 Å². The number of benzene rings is 2. The molecule has 1 atom stereocenters. The van der Waals surface area contributed by atoms with Gasteiger partial charge in [-0.05, 0) is 37.8 Å². The van der Waals surface area contributed by atoms with Crippen LogP contribution in [0.5, 0.6) is 0 Å². The zero-order chi connectivity index (χ0) is 15.9. The second-order valence-corrected chi connectivity index (χ2v) is 5.74. The average molecular weight is 294 g/mol. The molecule has 0 bridgehead atoms. The van der Waals surface area contributed by atoms with Crippen molar-refractivity contribution < 1.29 is 9.59 Å². The van der Waals surface area contributed by atoms with E-state index < -0.39 is 5.92 Å². The third-order valence-electron chi connectivity index (χ3n) is 4.09. The summed E-state index contributed by atoms with van der Waals surface area (Å²) < 4.78 is 0. The van der Waals surface area contributed by atoms with Crippen molar-refractivity contribution in [1.29, 1.82) is 0 Å². The van der Waals surface area contributed by atoms with Crippen LogP contribution in [0.4, 0.5) is 0 Å². The molecule has 2 aromatic carbocycles. The number of hydrogen-bond donors (Lipinski definition) is 0. The number of aryl methyl sites for hydroxylation is 1. The average Bonchev–Trinajstić information content (AvgIpc) is 2.52. The fourth-order valence-corrected chi connectivity index (χ4v) is 3.05. The quantitative estimate of drug-likeness (QED) is 0.717. The minimum absolute atomic E-state index is 0.0468. The van der Waals surface area contributed by atoms with Crippen molar-refractivity contribution in [3.8, 4) is 0 Å². The molecule has 0 heterocycles. The van der Waals surface area contributed by atoms with Gasteiger partial charge in [-0.2, -0.15) is 0 Å². The molecule has 0 radical (unpaired) electrons. The second kappa shape index (κ2) is 7.69. The predicted molar refractivity (Wildman–Crippen MR) is 88.8 cm³/mol. The molecule has 0 unspecified atom stereocenters. The monoisotopic (exact) mass is 294 g/mol. The minimum atomic E-state index is -0.550. The van der Waals surface area contributed by atoms with Crippen LogP contribution in [-0.4, -0.2) is 11.6 Å². The number of Topliss-reactive ketones (excluding diaryl/α,β-unsaturated/α-hetero) is 2. The van der Waals surface area contributed by atoms with E-state index >= 15 is 0 Å². The molecule has 2 aromatic rings. The number of ketones is 2. The Labute approximate surface area is 132 Å². The highest BCUT2D eigenvalue weighted by atomic mass is 16.1. The summed E-state index contributed by atoms with van der Waals surface area (Å²) in [5.41, 5.74) is 2.29. The summed E-state index contributed by atoms with van der Waals surface area (Å²) >= 11 is 0. The number of hydrogen-bond acceptors (Lipinski definition) is 2. The third-order valence-corrected chi connectivity index (χ3v) is 4.09.